The highest BCUT2D eigenvalue weighted by Gasteiger charge is 2.25. The van der Waals surface area contributed by atoms with Crippen molar-refractivity contribution in [3.05, 3.63) is 28.8 Å². The lowest BCUT2D eigenvalue weighted by Gasteiger charge is -2.22. The van der Waals surface area contributed by atoms with E-state index in [0.29, 0.717) is 10.7 Å². The van der Waals surface area contributed by atoms with Gasteiger partial charge >= 0.3 is 0 Å². The Morgan fingerprint density at radius 3 is 3.00 bits per heavy atom. The number of morpholine rings is 1. The first-order chi connectivity index (χ1) is 8.56. The highest BCUT2D eigenvalue weighted by atomic mass is 35.5. The van der Waals surface area contributed by atoms with Gasteiger partial charge in [-0.05, 0) is 24.6 Å². The summed E-state index contributed by atoms with van der Waals surface area (Å²) < 4.78 is 5.00. The summed E-state index contributed by atoms with van der Waals surface area (Å²) in [5, 5.41) is 5.82. The molecule has 0 aliphatic carbocycles. The largest absolute Gasteiger partial charge is 0.369 e. The zero-order valence-corrected chi connectivity index (χ0v) is 10.6. The summed E-state index contributed by atoms with van der Waals surface area (Å²) in [6, 6.07) is 4.57. The smallest absolute Gasteiger partial charge is 0.249 e. The van der Waals surface area contributed by atoms with E-state index in [4.69, 9.17) is 16.3 Å². The Balaban J connectivity index is 2.02. The fourth-order valence-corrected chi connectivity index (χ4v) is 1.77. The summed E-state index contributed by atoms with van der Waals surface area (Å²) in [5.41, 5.74) is 1.53. The Kier molecular flexibility index (Phi) is 3.84. The van der Waals surface area contributed by atoms with Crippen LogP contribution >= 0.6 is 11.6 Å². The molecule has 0 saturated carbocycles. The van der Waals surface area contributed by atoms with Crippen molar-refractivity contribution >= 4 is 29.1 Å². The lowest BCUT2D eigenvalue weighted by atomic mass is 10.2. The summed E-state index contributed by atoms with van der Waals surface area (Å²) in [6.07, 6.45) is 0. The van der Waals surface area contributed by atoms with E-state index in [2.05, 4.69) is 10.6 Å². The number of ether oxygens (including phenoxy) is 1. The average molecular weight is 269 g/mol. The van der Waals surface area contributed by atoms with Crippen molar-refractivity contribution in [1.29, 1.82) is 0 Å². The maximum Gasteiger partial charge on any atom is 0.249 e. The number of carbonyl (C=O) groups excluding carboxylic acids is 2. The minimum atomic E-state index is -0.661. The average Bonchev–Trinajstić information content (AvgIpc) is 2.34. The third-order valence-corrected chi connectivity index (χ3v) is 3.02. The second-order valence-corrected chi connectivity index (χ2v) is 4.50. The molecular weight excluding hydrogens is 256 g/mol. The van der Waals surface area contributed by atoms with Crippen LogP contribution < -0.4 is 10.6 Å². The summed E-state index contributed by atoms with van der Waals surface area (Å²) in [6.45, 7) is 2.06. The van der Waals surface area contributed by atoms with E-state index < -0.39 is 6.04 Å². The molecule has 0 spiro atoms. The van der Waals surface area contributed by atoms with E-state index in [1.165, 1.54) is 0 Å². The van der Waals surface area contributed by atoms with E-state index in [9.17, 15) is 9.59 Å². The summed E-state index contributed by atoms with van der Waals surface area (Å²) >= 11 is 5.96. The van der Waals surface area contributed by atoms with Gasteiger partial charge in [0.1, 0.15) is 12.6 Å². The molecule has 1 aliphatic heterocycles. The van der Waals surface area contributed by atoms with E-state index >= 15 is 0 Å². The predicted octanol–water partition coefficient (Wildman–Crippen LogP) is 1.10. The number of aryl methyl sites for hydroxylation is 1. The van der Waals surface area contributed by atoms with Gasteiger partial charge in [-0.1, -0.05) is 17.7 Å². The number of halogens is 1. The van der Waals surface area contributed by atoms with Gasteiger partial charge in [-0.25, -0.2) is 0 Å². The number of rotatable bonds is 2. The molecule has 2 amide bonds. The summed E-state index contributed by atoms with van der Waals surface area (Å²) in [4.78, 5) is 23.0. The van der Waals surface area contributed by atoms with Crippen LogP contribution in [0.3, 0.4) is 0 Å². The molecule has 96 valence electrons. The van der Waals surface area contributed by atoms with Crippen molar-refractivity contribution in [2.24, 2.45) is 0 Å². The van der Waals surface area contributed by atoms with Gasteiger partial charge in [0.25, 0.3) is 0 Å². The molecule has 1 saturated heterocycles. The Bertz CT molecular complexity index is 490. The van der Waals surface area contributed by atoms with Crippen LogP contribution in [0, 0.1) is 6.92 Å². The van der Waals surface area contributed by atoms with E-state index in [0.717, 1.165) is 5.56 Å². The van der Waals surface area contributed by atoms with Crippen molar-refractivity contribution in [2.75, 3.05) is 18.5 Å². The summed E-state index contributed by atoms with van der Waals surface area (Å²) in [5.74, 6) is -0.605. The van der Waals surface area contributed by atoms with Gasteiger partial charge in [0.05, 0.1) is 6.61 Å². The molecule has 6 heteroatoms. The van der Waals surface area contributed by atoms with Gasteiger partial charge in [-0.2, -0.15) is 0 Å². The maximum absolute atomic E-state index is 11.9. The molecule has 2 N–H and O–H groups in total. The molecule has 1 fully saturated rings. The van der Waals surface area contributed by atoms with Crippen LogP contribution in [-0.2, 0) is 14.3 Å². The number of hydrogen-bond donors (Lipinski definition) is 2. The zero-order chi connectivity index (χ0) is 13.1. The molecule has 1 heterocycles. The van der Waals surface area contributed by atoms with Gasteiger partial charge in [0.2, 0.25) is 11.8 Å². The first-order valence-electron chi connectivity index (χ1n) is 5.50. The molecule has 1 aromatic rings. The SMILES string of the molecule is Cc1ccc(NC(=O)C2COCC(=O)N2)cc1Cl. The predicted molar refractivity (Wildman–Crippen MR) is 67.6 cm³/mol. The third-order valence-electron chi connectivity index (χ3n) is 2.61. The second kappa shape index (κ2) is 5.37. The fraction of sp³-hybridized carbons (Fsp3) is 0.333. The number of carbonyl (C=O) groups is 2. The van der Waals surface area contributed by atoms with Crippen LogP contribution in [0.5, 0.6) is 0 Å². The molecule has 0 radical (unpaired) electrons. The molecular formula is C12H13ClN2O3. The van der Waals surface area contributed by atoms with Crippen molar-refractivity contribution < 1.29 is 14.3 Å². The number of benzene rings is 1. The van der Waals surface area contributed by atoms with Crippen molar-refractivity contribution in [3.8, 4) is 0 Å². The molecule has 5 nitrogen and oxygen atoms in total. The van der Waals surface area contributed by atoms with Crippen LogP contribution in [0.25, 0.3) is 0 Å². The van der Waals surface area contributed by atoms with E-state index in [1.807, 2.05) is 13.0 Å². The number of amides is 2. The highest BCUT2D eigenvalue weighted by molar-refractivity contribution is 6.31. The van der Waals surface area contributed by atoms with E-state index in [-0.39, 0.29) is 25.0 Å². The minimum absolute atomic E-state index is 0.000139. The van der Waals surface area contributed by atoms with Crippen molar-refractivity contribution in [2.45, 2.75) is 13.0 Å². The normalized spacial score (nSPS) is 19.2. The molecule has 1 atom stereocenters. The molecule has 1 unspecified atom stereocenters. The Hall–Kier alpha value is -1.59. The molecule has 1 aliphatic rings. The lowest BCUT2D eigenvalue weighted by molar-refractivity contribution is -0.136. The molecule has 0 bridgehead atoms. The Morgan fingerprint density at radius 1 is 1.56 bits per heavy atom. The molecule has 2 rings (SSSR count). The minimum Gasteiger partial charge on any atom is -0.369 e. The Morgan fingerprint density at radius 2 is 2.33 bits per heavy atom. The monoisotopic (exact) mass is 268 g/mol. The van der Waals surface area contributed by atoms with E-state index in [1.54, 1.807) is 12.1 Å². The van der Waals surface area contributed by atoms with Gasteiger partial charge < -0.3 is 15.4 Å². The topological polar surface area (TPSA) is 67.4 Å². The maximum atomic E-state index is 11.9. The van der Waals surface area contributed by atoms with Gasteiger partial charge in [0.15, 0.2) is 0 Å². The molecule has 1 aromatic carbocycles. The second-order valence-electron chi connectivity index (χ2n) is 4.09. The zero-order valence-electron chi connectivity index (χ0n) is 9.83. The molecule has 18 heavy (non-hydrogen) atoms. The van der Waals surface area contributed by atoms with Crippen molar-refractivity contribution in [3.63, 3.8) is 0 Å². The van der Waals surface area contributed by atoms with Gasteiger partial charge in [0, 0.05) is 10.7 Å². The number of hydrogen-bond acceptors (Lipinski definition) is 3. The number of nitrogens with one attached hydrogen (secondary N) is 2. The quantitative estimate of drug-likeness (QED) is 0.844. The first-order valence-corrected chi connectivity index (χ1v) is 5.88. The third kappa shape index (κ3) is 3.00. The number of anilines is 1. The Labute approximate surface area is 109 Å². The van der Waals surface area contributed by atoms with Crippen LogP contribution in [0.15, 0.2) is 18.2 Å². The van der Waals surface area contributed by atoms with Crippen LogP contribution in [0.1, 0.15) is 5.56 Å². The van der Waals surface area contributed by atoms with Gasteiger partial charge in [-0.3, -0.25) is 9.59 Å². The van der Waals surface area contributed by atoms with Crippen molar-refractivity contribution in [1.82, 2.24) is 5.32 Å². The fourth-order valence-electron chi connectivity index (χ4n) is 1.59. The van der Waals surface area contributed by atoms with Crippen LogP contribution in [0.4, 0.5) is 5.69 Å². The summed E-state index contributed by atoms with van der Waals surface area (Å²) in [7, 11) is 0. The highest BCUT2D eigenvalue weighted by Crippen LogP contribution is 2.20. The van der Waals surface area contributed by atoms with Crippen LogP contribution in [0.2, 0.25) is 5.02 Å². The van der Waals surface area contributed by atoms with Gasteiger partial charge in [-0.15, -0.1) is 0 Å². The lowest BCUT2D eigenvalue weighted by Crippen LogP contribution is -2.51. The first kappa shape index (κ1) is 12.9. The molecule has 0 aromatic heterocycles. The van der Waals surface area contributed by atoms with Crippen LogP contribution in [-0.4, -0.2) is 31.1 Å². The standard InChI is InChI=1S/C12H13ClN2O3/c1-7-2-3-8(4-9(7)13)14-12(17)10-5-18-6-11(16)15-10/h2-4,10H,5-6H2,1H3,(H,14,17)(H,15,16).